The molecule has 176 valence electrons. The van der Waals surface area contributed by atoms with Crippen LogP contribution in [0.5, 0.6) is 17.2 Å². The van der Waals surface area contributed by atoms with Crippen molar-refractivity contribution in [3.05, 3.63) is 81.8 Å². The van der Waals surface area contributed by atoms with Crippen LogP contribution in [0, 0.1) is 6.92 Å². The lowest BCUT2D eigenvalue weighted by Crippen LogP contribution is -2.20. The number of benzene rings is 3. The summed E-state index contributed by atoms with van der Waals surface area (Å²) in [7, 11) is 0. The first-order chi connectivity index (χ1) is 16.4. The molecule has 34 heavy (non-hydrogen) atoms. The normalized spacial score (nSPS) is 10.7. The Bertz CT molecular complexity index is 1200. The summed E-state index contributed by atoms with van der Waals surface area (Å²) in [5.74, 6) is -0.163. The molecule has 0 unspecified atom stereocenters. The Kier molecular flexibility index (Phi) is 8.64. The number of nitrogens with zero attached hydrogens (tertiary/aromatic N) is 1. The number of phenolic OH excluding ortho intramolecular Hbond substituents is 1. The fourth-order valence-corrected chi connectivity index (χ4v) is 3.25. The number of aryl methyl sites for hydroxylation is 1. The lowest BCUT2D eigenvalue weighted by molar-refractivity contribution is -0.118. The molecule has 0 heterocycles. The number of hydrogen-bond donors (Lipinski definition) is 3. The highest BCUT2D eigenvalue weighted by Crippen LogP contribution is 2.28. The summed E-state index contributed by atoms with van der Waals surface area (Å²) >= 11 is 3.26. The van der Waals surface area contributed by atoms with Crippen LogP contribution in [-0.4, -0.2) is 36.3 Å². The number of carbonyl (C=O) groups is 2. The van der Waals surface area contributed by atoms with E-state index in [2.05, 4.69) is 31.8 Å². The zero-order valence-electron chi connectivity index (χ0n) is 18.7. The van der Waals surface area contributed by atoms with Crippen LogP contribution in [-0.2, 0) is 4.79 Å². The number of hydrogen-bond acceptors (Lipinski definition) is 6. The molecule has 0 aliphatic carbocycles. The van der Waals surface area contributed by atoms with Gasteiger partial charge >= 0.3 is 0 Å². The van der Waals surface area contributed by atoms with Gasteiger partial charge in [0.15, 0.2) is 18.1 Å². The predicted molar refractivity (Wildman–Crippen MR) is 134 cm³/mol. The highest BCUT2D eigenvalue weighted by atomic mass is 79.9. The van der Waals surface area contributed by atoms with E-state index in [4.69, 9.17) is 9.47 Å². The van der Waals surface area contributed by atoms with E-state index in [0.717, 1.165) is 5.56 Å². The Labute approximate surface area is 205 Å². The number of carbonyl (C=O) groups excluding carboxylic acids is 2. The monoisotopic (exact) mass is 525 g/mol. The van der Waals surface area contributed by atoms with E-state index in [9.17, 15) is 14.7 Å². The Morgan fingerprint density at radius 2 is 1.79 bits per heavy atom. The van der Waals surface area contributed by atoms with Crippen LogP contribution in [0.2, 0.25) is 0 Å². The molecule has 0 aliphatic heterocycles. The number of rotatable bonds is 9. The third-order valence-electron chi connectivity index (χ3n) is 4.54. The number of nitrogens with one attached hydrogen (secondary N) is 2. The van der Waals surface area contributed by atoms with Crippen LogP contribution in [0.1, 0.15) is 28.4 Å². The SMILES string of the molecule is CCOc1cc(/C=N\NC(=O)c2cc(Br)ccc2O)ccc1OCC(=O)Nc1ccc(C)cc1. The van der Waals surface area contributed by atoms with Gasteiger partial charge in [-0.15, -0.1) is 0 Å². The number of aromatic hydroxyl groups is 1. The first kappa shape index (κ1) is 24.8. The molecular weight excluding hydrogens is 502 g/mol. The maximum atomic E-state index is 12.2. The average molecular weight is 526 g/mol. The van der Waals surface area contributed by atoms with Crippen molar-refractivity contribution >= 4 is 39.6 Å². The van der Waals surface area contributed by atoms with Crippen molar-refractivity contribution in [1.82, 2.24) is 5.43 Å². The van der Waals surface area contributed by atoms with Gasteiger partial charge in [0.1, 0.15) is 5.75 Å². The topological polar surface area (TPSA) is 109 Å². The molecule has 8 nitrogen and oxygen atoms in total. The summed E-state index contributed by atoms with van der Waals surface area (Å²) in [4.78, 5) is 24.5. The molecule has 0 radical (unpaired) electrons. The van der Waals surface area contributed by atoms with Crippen LogP contribution in [0.15, 0.2) is 70.2 Å². The first-order valence-electron chi connectivity index (χ1n) is 10.4. The van der Waals surface area contributed by atoms with E-state index >= 15 is 0 Å². The number of hydrazone groups is 1. The van der Waals surface area contributed by atoms with E-state index in [1.54, 1.807) is 24.3 Å². The number of halogens is 1. The quantitative estimate of drug-likeness (QED) is 0.278. The van der Waals surface area contributed by atoms with Crippen molar-refractivity contribution in [1.29, 1.82) is 0 Å². The molecule has 0 aliphatic rings. The summed E-state index contributed by atoms with van der Waals surface area (Å²) in [6.07, 6.45) is 1.43. The van der Waals surface area contributed by atoms with Crippen LogP contribution in [0.3, 0.4) is 0 Å². The van der Waals surface area contributed by atoms with Crippen molar-refractivity contribution in [2.45, 2.75) is 13.8 Å². The second kappa shape index (κ2) is 11.9. The average Bonchev–Trinajstić information content (AvgIpc) is 2.81. The standard InChI is InChI=1S/C25H24BrN3O5/c1-3-33-23-12-17(14-27-29-25(32)20-13-18(26)7-10-21(20)30)6-11-22(23)34-15-24(31)28-19-8-4-16(2)5-9-19/h4-14,30H,3,15H2,1-2H3,(H,28,31)(H,29,32)/b27-14-. The van der Waals surface area contributed by atoms with Crippen molar-refractivity contribution < 1.29 is 24.2 Å². The van der Waals surface area contributed by atoms with Gasteiger partial charge in [0.25, 0.3) is 11.8 Å². The zero-order chi connectivity index (χ0) is 24.5. The molecule has 0 saturated carbocycles. The van der Waals surface area contributed by atoms with E-state index in [1.807, 2.05) is 38.1 Å². The summed E-state index contributed by atoms with van der Waals surface area (Å²) in [6, 6.07) is 17.1. The molecule has 3 aromatic carbocycles. The van der Waals surface area contributed by atoms with Crippen LogP contribution in [0.25, 0.3) is 0 Å². The fourth-order valence-electron chi connectivity index (χ4n) is 2.89. The van der Waals surface area contributed by atoms with Gasteiger partial charge in [0.05, 0.1) is 18.4 Å². The molecule has 3 rings (SSSR count). The van der Waals surface area contributed by atoms with Gasteiger partial charge in [-0.2, -0.15) is 5.10 Å². The smallest absolute Gasteiger partial charge is 0.275 e. The molecular formula is C25H24BrN3O5. The van der Waals surface area contributed by atoms with Gasteiger partial charge in [0.2, 0.25) is 0 Å². The molecule has 3 aromatic rings. The number of ether oxygens (including phenoxy) is 2. The van der Waals surface area contributed by atoms with Gasteiger partial charge in [-0.3, -0.25) is 9.59 Å². The lowest BCUT2D eigenvalue weighted by atomic mass is 10.2. The molecule has 3 N–H and O–H groups in total. The van der Waals surface area contributed by atoms with Crippen molar-refractivity contribution in [3.8, 4) is 17.2 Å². The third kappa shape index (κ3) is 7.08. The van der Waals surface area contributed by atoms with Crippen molar-refractivity contribution in [2.24, 2.45) is 5.10 Å². The minimum atomic E-state index is -0.556. The molecule has 0 fully saturated rings. The third-order valence-corrected chi connectivity index (χ3v) is 5.04. The Hall–Kier alpha value is -3.85. The first-order valence-corrected chi connectivity index (χ1v) is 11.2. The summed E-state index contributed by atoms with van der Waals surface area (Å²) in [5.41, 5.74) is 4.89. The highest BCUT2D eigenvalue weighted by molar-refractivity contribution is 9.10. The maximum absolute atomic E-state index is 12.2. The molecule has 0 bridgehead atoms. The molecule has 0 aromatic heterocycles. The van der Waals surface area contributed by atoms with Crippen LogP contribution < -0.4 is 20.2 Å². The second-order valence-electron chi connectivity index (χ2n) is 7.20. The minimum Gasteiger partial charge on any atom is -0.507 e. The van der Waals surface area contributed by atoms with Gasteiger partial charge in [-0.05, 0) is 67.9 Å². The molecule has 2 amide bonds. The van der Waals surface area contributed by atoms with Crippen LogP contribution >= 0.6 is 15.9 Å². The Balaban J connectivity index is 1.61. The molecule has 0 spiro atoms. The maximum Gasteiger partial charge on any atom is 0.275 e. The molecule has 9 heteroatoms. The number of phenols is 1. The van der Waals surface area contributed by atoms with Gasteiger partial charge in [-0.25, -0.2) is 5.43 Å². The van der Waals surface area contributed by atoms with Crippen LogP contribution in [0.4, 0.5) is 5.69 Å². The predicted octanol–water partition coefficient (Wildman–Crippen LogP) is 4.64. The number of anilines is 1. The summed E-state index contributed by atoms with van der Waals surface area (Å²) in [5, 5.41) is 16.5. The van der Waals surface area contributed by atoms with E-state index in [-0.39, 0.29) is 23.8 Å². The van der Waals surface area contributed by atoms with Crippen molar-refractivity contribution in [2.75, 3.05) is 18.5 Å². The van der Waals surface area contributed by atoms with Crippen molar-refractivity contribution in [3.63, 3.8) is 0 Å². The second-order valence-corrected chi connectivity index (χ2v) is 8.12. The van der Waals surface area contributed by atoms with E-state index in [1.165, 1.54) is 18.3 Å². The highest BCUT2D eigenvalue weighted by Gasteiger charge is 2.12. The van der Waals surface area contributed by atoms with Gasteiger partial charge in [0, 0.05) is 10.2 Å². The zero-order valence-corrected chi connectivity index (χ0v) is 20.3. The fraction of sp³-hybridized carbons (Fsp3) is 0.160. The Morgan fingerprint density at radius 3 is 2.53 bits per heavy atom. The lowest BCUT2D eigenvalue weighted by Gasteiger charge is -2.12. The summed E-state index contributed by atoms with van der Waals surface area (Å²) in [6.45, 7) is 4.01. The minimum absolute atomic E-state index is 0.0918. The van der Waals surface area contributed by atoms with E-state index in [0.29, 0.717) is 33.8 Å². The van der Waals surface area contributed by atoms with E-state index < -0.39 is 5.91 Å². The largest absolute Gasteiger partial charge is 0.507 e. The molecule has 0 atom stereocenters. The number of amides is 2. The van der Waals surface area contributed by atoms with Gasteiger partial charge in [-0.1, -0.05) is 33.6 Å². The Morgan fingerprint density at radius 1 is 1.03 bits per heavy atom. The molecule has 0 saturated heterocycles. The van der Waals surface area contributed by atoms with Gasteiger partial charge < -0.3 is 19.9 Å². The summed E-state index contributed by atoms with van der Waals surface area (Å²) < 4.78 is 11.9.